The molecule has 1 heterocycles. The minimum atomic E-state index is -0.489. The topological polar surface area (TPSA) is 85.6 Å². The predicted octanol–water partition coefficient (Wildman–Crippen LogP) is 2.05. The Labute approximate surface area is 117 Å². The molecule has 106 valence electrons. The number of pyridine rings is 1. The molecule has 0 saturated heterocycles. The van der Waals surface area contributed by atoms with Gasteiger partial charge in [0.05, 0.1) is 5.69 Å². The summed E-state index contributed by atoms with van der Waals surface area (Å²) in [5.41, 5.74) is 2.67. The van der Waals surface area contributed by atoms with Crippen molar-refractivity contribution in [2.24, 2.45) is 0 Å². The normalized spacial score (nSPS) is 10.7. The van der Waals surface area contributed by atoms with Gasteiger partial charge in [0.1, 0.15) is 0 Å². The molecule has 0 aliphatic carbocycles. The lowest BCUT2D eigenvalue weighted by Crippen LogP contribution is -2.15. The molecule has 0 aliphatic heterocycles. The van der Waals surface area contributed by atoms with Gasteiger partial charge in [0.15, 0.2) is 11.5 Å². The van der Waals surface area contributed by atoms with E-state index in [9.17, 15) is 15.3 Å². The molecular weight excluding hydrogens is 256 g/mol. The SMILES string of the molecule is CCc1cccnc1CNCc1ccc(O)c(O)c1O. The van der Waals surface area contributed by atoms with Crippen molar-refractivity contribution in [2.45, 2.75) is 26.4 Å². The standard InChI is InChI=1S/C15H18N2O3/c1-2-10-4-3-7-17-12(10)9-16-8-11-5-6-13(18)15(20)14(11)19/h3-7,16,18-20H,2,8-9H2,1H3. The van der Waals surface area contributed by atoms with Crippen molar-refractivity contribution in [1.82, 2.24) is 10.3 Å². The molecule has 0 aliphatic rings. The Kier molecular flexibility index (Phi) is 4.42. The molecule has 0 bridgehead atoms. The summed E-state index contributed by atoms with van der Waals surface area (Å²) in [6.45, 7) is 3.02. The largest absolute Gasteiger partial charge is 0.504 e. The van der Waals surface area contributed by atoms with Gasteiger partial charge in [-0.25, -0.2) is 0 Å². The van der Waals surface area contributed by atoms with E-state index in [2.05, 4.69) is 17.2 Å². The number of nitrogens with one attached hydrogen (secondary N) is 1. The number of rotatable bonds is 5. The molecular formula is C15H18N2O3. The number of hydrogen-bond acceptors (Lipinski definition) is 5. The highest BCUT2D eigenvalue weighted by atomic mass is 16.3. The van der Waals surface area contributed by atoms with E-state index in [0.29, 0.717) is 18.7 Å². The highest BCUT2D eigenvalue weighted by molar-refractivity contribution is 5.53. The fourth-order valence-electron chi connectivity index (χ4n) is 2.02. The van der Waals surface area contributed by atoms with Crippen LogP contribution in [0.3, 0.4) is 0 Å². The van der Waals surface area contributed by atoms with E-state index < -0.39 is 5.75 Å². The zero-order chi connectivity index (χ0) is 14.5. The summed E-state index contributed by atoms with van der Waals surface area (Å²) in [5, 5.41) is 31.6. The first kappa shape index (κ1) is 14.1. The minimum Gasteiger partial charge on any atom is -0.504 e. The predicted molar refractivity (Wildman–Crippen MR) is 75.6 cm³/mol. The van der Waals surface area contributed by atoms with E-state index in [0.717, 1.165) is 12.1 Å². The van der Waals surface area contributed by atoms with E-state index in [-0.39, 0.29) is 11.5 Å². The van der Waals surface area contributed by atoms with E-state index in [1.165, 1.54) is 11.6 Å². The van der Waals surface area contributed by atoms with Crippen molar-refractivity contribution >= 4 is 0 Å². The first-order valence-corrected chi connectivity index (χ1v) is 6.49. The number of phenolic OH excluding ortho intramolecular Hbond substituents is 3. The van der Waals surface area contributed by atoms with Crippen LogP contribution in [-0.4, -0.2) is 20.3 Å². The summed E-state index contributed by atoms with van der Waals surface area (Å²) in [6.07, 6.45) is 2.66. The van der Waals surface area contributed by atoms with Gasteiger partial charge < -0.3 is 20.6 Å². The quantitative estimate of drug-likeness (QED) is 0.627. The number of phenols is 3. The maximum atomic E-state index is 9.71. The number of aryl methyl sites for hydroxylation is 1. The van der Waals surface area contributed by atoms with Gasteiger partial charge in [-0.1, -0.05) is 19.1 Å². The van der Waals surface area contributed by atoms with Crippen molar-refractivity contribution in [3.8, 4) is 17.2 Å². The third-order valence-electron chi connectivity index (χ3n) is 3.19. The molecule has 0 atom stereocenters. The van der Waals surface area contributed by atoms with Crippen LogP contribution < -0.4 is 5.32 Å². The highest BCUT2D eigenvalue weighted by Gasteiger charge is 2.10. The van der Waals surface area contributed by atoms with Crippen LogP contribution in [0.2, 0.25) is 0 Å². The molecule has 0 unspecified atom stereocenters. The van der Waals surface area contributed by atoms with Gasteiger partial charge in [0.25, 0.3) is 0 Å². The molecule has 0 radical (unpaired) electrons. The monoisotopic (exact) mass is 274 g/mol. The molecule has 5 heteroatoms. The molecule has 1 aromatic carbocycles. The highest BCUT2D eigenvalue weighted by Crippen LogP contribution is 2.36. The van der Waals surface area contributed by atoms with Crippen LogP contribution >= 0.6 is 0 Å². The Bertz CT molecular complexity index is 600. The molecule has 5 nitrogen and oxygen atoms in total. The average Bonchev–Trinajstić information content (AvgIpc) is 2.47. The van der Waals surface area contributed by atoms with Crippen molar-refractivity contribution < 1.29 is 15.3 Å². The molecule has 0 fully saturated rings. The first-order chi connectivity index (χ1) is 9.63. The maximum Gasteiger partial charge on any atom is 0.200 e. The van der Waals surface area contributed by atoms with Crippen LogP contribution in [0.4, 0.5) is 0 Å². The fraction of sp³-hybridized carbons (Fsp3) is 0.267. The molecule has 1 aromatic heterocycles. The van der Waals surface area contributed by atoms with Crippen molar-refractivity contribution in [3.63, 3.8) is 0 Å². The van der Waals surface area contributed by atoms with Gasteiger partial charge in [-0.2, -0.15) is 0 Å². The number of aromatic hydroxyl groups is 3. The maximum absolute atomic E-state index is 9.71. The summed E-state index contributed by atoms with van der Waals surface area (Å²) in [6, 6.07) is 6.86. The van der Waals surface area contributed by atoms with E-state index >= 15 is 0 Å². The van der Waals surface area contributed by atoms with Crippen LogP contribution in [0, 0.1) is 0 Å². The van der Waals surface area contributed by atoms with Crippen LogP contribution in [0.25, 0.3) is 0 Å². The average molecular weight is 274 g/mol. The summed E-state index contributed by atoms with van der Waals surface area (Å²) < 4.78 is 0. The zero-order valence-electron chi connectivity index (χ0n) is 11.3. The Morgan fingerprint density at radius 1 is 1.00 bits per heavy atom. The van der Waals surface area contributed by atoms with Crippen molar-refractivity contribution in [2.75, 3.05) is 0 Å². The lowest BCUT2D eigenvalue weighted by atomic mass is 10.1. The molecule has 0 amide bonds. The zero-order valence-corrected chi connectivity index (χ0v) is 11.3. The minimum absolute atomic E-state index is 0.297. The molecule has 4 N–H and O–H groups in total. The van der Waals surface area contributed by atoms with Gasteiger partial charge in [-0.05, 0) is 24.1 Å². The lowest BCUT2D eigenvalue weighted by Gasteiger charge is -2.10. The first-order valence-electron chi connectivity index (χ1n) is 6.49. The second kappa shape index (κ2) is 6.25. The fourth-order valence-corrected chi connectivity index (χ4v) is 2.02. The third kappa shape index (κ3) is 3.00. The molecule has 2 rings (SSSR count). The smallest absolute Gasteiger partial charge is 0.200 e. The Balaban J connectivity index is 2.01. The summed E-state index contributed by atoms with van der Waals surface area (Å²) in [4.78, 5) is 4.32. The van der Waals surface area contributed by atoms with Gasteiger partial charge >= 0.3 is 0 Å². The Morgan fingerprint density at radius 3 is 2.55 bits per heavy atom. The summed E-state index contributed by atoms with van der Waals surface area (Å²) in [5.74, 6) is -1.12. The molecule has 0 saturated carbocycles. The molecule has 20 heavy (non-hydrogen) atoms. The van der Waals surface area contributed by atoms with Crippen LogP contribution in [0.5, 0.6) is 17.2 Å². The van der Waals surface area contributed by atoms with Crippen LogP contribution in [-0.2, 0) is 19.5 Å². The number of hydrogen-bond donors (Lipinski definition) is 4. The molecule has 0 spiro atoms. The van der Waals surface area contributed by atoms with Gasteiger partial charge in [0.2, 0.25) is 5.75 Å². The van der Waals surface area contributed by atoms with Crippen LogP contribution in [0.1, 0.15) is 23.7 Å². The Morgan fingerprint density at radius 2 is 1.80 bits per heavy atom. The van der Waals surface area contributed by atoms with Gasteiger partial charge in [0, 0.05) is 24.8 Å². The van der Waals surface area contributed by atoms with Crippen LogP contribution in [0.15, 0.2) is 30.5 Å². The Hall–Kier alpha value is -2.27. The van der Waals surface area contributed by atoms with Gasteiger partial charge in [-0.15, -0.1) is 0 Å². The van der Waals surface area contributed by atoms with Crippen molar-refractivity contribution in [3.05, 3.63) is 47.3 Å². The van der Waals surface area contributed by atoms with Gasteiger partial charge in [-0.3, -0.25) is 4.98 Å². The van der Waals surface area contributed by atoms with E-state index in [4.69, 9.17) is 0 Å². The lowest BCUT2D eigenvalue weighted by molar-refractivity contribution is 0.364. The number of aromatic nitrogens is 1. The van der Waals surface area contributed by atoms with E-state index in [1.54, 1.807) is 12.3 Å². The van der Waals surface area contributed by atoms with E-state index in [1.807, 2.05) is 12.1 Å². The number of nitrogens with zero attached hydrogens (tertiary/aromatic N) is 1. The second-order valence-corrected chi connectivity index (χ2v) is 4.51. The second-order valence-electron chi connectivity index (χ2n) is 4.51. The third-order valence-corrected chi connectivity index (χ3v) is 3.19. The summed E-state index contributed by atoms with van der Waals surface area (Å²) in [7, 11) is 0. The molecule has 2 aromatic rings. The summed E-state index contributed by atoms with van der Waals surface area (Å²) >= 11 is 0. The number of benzene rings is 1. The van der Waals surface area contributed by atoms with Crippen molar-refractivity contribution in [1.29, 1.82) is 0 Å².